The zero-order chi connectivity index (χ0) is 23.1. The normalized spacial score (nSPS) is 11.6. The van der Waals surface area contributed by atoms with Crippen molar-refractivity contribution in [2.75, 3.05) is 5.75 Å². The van der Waals surface area contributed by atoms with Gasteiger partial charge in [0.1, 0.15) is 17.2 Å². The number of thiophene rings is 1. The summed E-state index contributed by atoms with van der Waals surface area (Å²) in [5.41, 5.74) is 1.86. The Labute approximate surface area is 195 Å². The first kappa shape index (κ1) is 21.5. The van der Waals surface area contributed by atoms with Crippen molar-refractivity contribution in [2.45, 2.75) is 18.0 Å². The van der Waals surface area contributed by atoms with Gasteiger partial charge in [0.05, 0.1) is 16.5 Å². The van der Waals surface area contributed by atoms with Gasteiger partial charge >= 0.3 is 5.69 Å². The van der Waals surface area contributed by atoms with Crippen LogP contribution < -0.4 is 11.2 Å². The first-order valence-electron chi connectivity index (χ1n) is 10.2. The van der Waals surface area contributed by atoms with Gasteiger partial charge in [0.15, 0.2) is 11.2 Å². The van der Waals surface area contributed by atoms with E-state index in [9.17, 15) is 14.0 Å². The number of fused-ring (bicyclic) bond motifs is 2. The van der Waals surface area contributed by atoms with Crippen LogP contribution in [0.25, 0.3) is 31.8 Å². The minimum absolute atomic E-state index is 0.271. The Morgan fingerprint density at radius 1 is 1.09 bits per heavy atom. The Bertz CT molecular complexity index is 1600. The number of thioether (sulfide) groups is 1. The molecule has 5 aromatic rings. The number of aryl methyl sites for hydroxylation is 2. The number of halogens is 1. The minimum Gasteiger partial charge on any atom is -0.328 e. The first-order valence-corrected chi connectivity index (χ1v) is 12.0. The van der Waals surface area contributed by atoms with Crippen molar-refractivity contribution in [3.8, 4) is 10.4 Å². The number of nitrogens with zero attached hydrogens (tertiary/aromatic N) is 6. The summed E-state index contributed by atoms with van der Waals surface area (Å²) in [5.74, 6) is 0.405. The highest BCUT2D eigenvalue weighted by atomic mass is 32.2. The predicted octanol–water partition coefficient (Wildman–Crippen LogP) is 3.43. The highest BCUT2D eigenvalue weighted by Crippen LogP contribution is 2.37. The lowest BCUT2D eigenvalue weighted by Crippen LogP contribution is -2.39. The molecule has 0 N–H and O–H groups in total. The van der Waals surface area contributed by atoms with Gasteiger partial charge < -0.3 is 4.57 Å². The Balaban J connectivity index is 1.34. The molecule has 168 valence electrons. The van der Waals surface area contributed by atoms with Gasteiger partial charge in [0.2, 0.25) is 0 Å². The van der Waals surface area contributed by atoms with E-state index in [1.165, 1.54) is 33.9 Å². The summed E-state index contributed by atoms with van der Waals surface area (Å²) < 4.78 is 18.5. The highest BCUT2D eigenvalue weighted by Gasteiger charge is 2.15. The van der Waals surface area contributed by atoms with Crippen LogP contribution in [-0.2, 0) is 20.6 Å². The molecule has 0 amide bonds. The summed E-state index contributed by atoms with van der Waals surface area (Å²) in [6.07, 6.45) is 3.68. The number of benzene rings is 1. The van der Waals surface area contributed by atoms with Crippen LogP contribution in [0.3, 0.4) is 0 Å². The lowest BCUT2D eigenvalue weighted by molar-refractivity contribution is 0.594. The van der Waals surface area contributed by atoms with Crippen molar-refractivity contribution in [1.29, 1.82) is 0 Å². The molecule has 11 heteroatoms. The van der Waals surface area contributed by atoms with Crippen LogP contribution in [0.15, 0.2) is 57.6 Å². The van der Waals surface area contributed by atoms with E-state index in [0.717, 1.165) is 25.7 Å². The Morgan fingerprint density at radius 2 is 1.88 bits per heavy atom. The van der Waals surface area contributed by atoms with Crippen LogP contribution in [0.2, 0.25) is 0 Å². The number of hydrogen-bond acceptors (Lipinski definition) is 7. The van der Waals surface area contributed by atoms with E-state index in [2.05, 4.69) is 15.0 Å². The van der Waals surface area contributed by atoms with Gasteiger partial charge in [-0.2, -0.15) is 0 Å². The van der Waals surface area contributed by atoms with Crippen LogP contribution in [0.4, 0.5) is 4.39 Å². The number of aromatic nitrogens is 6. The van der Waals surface area contributed by atoms with E-state index in [1.807, 2.05) is 6.07 Å². The van der Waals surface area contributed by atoms with E-state index in [0.29, 0.717) is 29.9 Å². The smallest absolute Gasteiger partial charge is 0.328 e. The number of hydrogen-bond donors (Lipinski definition) is 0. The molecule has 0 aliphatic rings. The zero-order valence-electron chi connectivity index (χ0n) is 17.9. The predicted molar refractivity (Wildman–Crippen MR) is 128 cm³/mol. The molecule has 0 atom stereocenters. The van der Waals surface area contributed by atoms with E-state index < -0.39 is 0 Å². The SMILES string of the molecule is Cn1cnc2c1c(=O)n(CCCSc1ncnc3cc(-c4ccc(F)cc4)sc13)c(=O)n2C. The minimum atomic E-state index is -0.372. The third kappa shape index (κ3) is 3.87. The molecule has 0 fully saturated rings. The lowest BCUT2D eigenvalue weighted by atomic mass is 10.2. The fourth-order valence-electron chi connectivity index (χ4n) is 3.68. The first-order chi connectivity index (χ1) is 15.9. The van der Waals surface area contributed by atoms with Crippen LogP contribution >= 0.6 is 23.1 Å². The van der Waals surface area contributed by atoms with Gasteiger partial charge in [0, 0.05) is 31.3 Å². The fraction of sp³-hybridized carbons (Fsp3) is 0.227. The summed E-state index contributed by atoms with van der Waals surface area (Å²) >= 11 is 3.12. The quantitative estimate of drug-likeness (QED) is 0.209. The Hall–Kier alpha value is -3.31. The number of rotatable bonds is 6. The summed E-state index contributed by atoms with van der Waals surface area (Å²) in [5, 5.41) is 0.848. The van der Waals surface area contributed by atoms with Crippen LogP contribution in [0, 0.1) is 5.82 Å². The fourth-order valence-corrected chi connectivity index (χ4v) is 5.80. The molecule has 0 spiro atoms. The summed E-state index contributed by atoms with van der Waals surface area (Å²) in [7, 11) is 3.36. The van der Waals surface area contributed by atoms with Gasteiger partial charge in [-0.25, -0.2) is 24.1 Å². The average Bonchev–Trinajstić information content (AvgIpc) is 3.42. The second kappa shape index (κ2) is 8.56. The molecule has 0 unspecified atom stereocenters. The molecule has 1 aromatic carbocycles. The Kier molecular flexibility index (Phi) is 5.59. The average molecular weight is 483 g/mol. The van der Waals surface area contributed by atoms with Crippen molar-refractivity contribution in [1.82, 2.24) is 28.7 Å². The largest absolute Gasteiger partial charge is 0.332 e. The summed E-state index contributed by atoms with van der Waals surface area (Å²) in [6.45, 7) is 0.305. The van der Waals surface area contributed by atoms with E-state index in [1.54, 1.807) is 53.9 Å². The van der Waals surface area contributed by atoms with E-state index >= 15 is 0 Å². The van der Waals surface area contributed by atoms with Crippen molar-refractivity contribution >= 4 is 44.5 Å². The molecular weight excluding hydrogens is 463 g/mol. The maximum Gasteiger partial charge on any atom is 0.332 e. The third-order valence-corrected chi connectivity index (χ3v) is 7.76. The van der Waals surface area contributed by atoms with Crippen LogP contribution in [0.5, 0.6) is 0 Å². The van der Waals surface area contributed by atoms with Gasteiger partial charge in [-0.05, 0) is 30.2 Å². The Morgan fingerprint density at radius 3 is 2.67 bits per heavy atom. The summed E-state index contributed by atoms with van der Waals surface area (Å²) in [6, 6.07) is 8.35. The second-order valence-corrected chi connectivity index (χ2v) is 9.67. The highest BCUT2D eigenvalue weighted by molar-refractivity contribution is 7.99. The van der Waals surface area contributed by atoms with E-state index in [-0.39, 0.29) is 17.1 Å². The maximum absolute atomic E-state index is 13.2. The molecular formula is C22H19FN6O2S2. The molecule has 0 aliphatic heterocycles. The molecule has 0 radical (unpaired) electrons. The molecule has 0 saturated heterocycles. The molecule has 0 saturated carbocycles. The summed E-state index contributed by atoms with van der Waals surface area (Å²) in [4.78, 5) is 39.4. The third-order valence-electron chi connectivity index (χ3n) is 5.37. The standard InChI is InChI=1S/C22H19FN6O2S2/c1-27-12-26-19-17(27)21(30)29(22(31)28(19)2)8-3-9-32-20-18-15(24-11-25-20)10-16(33-18)13-4-6-14(23)7-5-13/h4-7,10-12H,3,8-9H2,1-2H3. The molecule has 0 bridgehead atoms. The van der Waals surface area contributed by atoms with Crippen LogP contribution in [-0.4, -0.2) is 34.4 Å². The molecule has 4 aromatic heterocycles. The molecule has 33 heavy (non-hydrogen) atoms. The molecule has 5 rings (SSSR count). The van der Waals surface area contributed by atoms with Crippen molar-refractivity contribution < 1.29 is 4.39 Å². The maximum atomic E-state index is 13.2. The second-order valence-electron chi connectivity index (χ2n) is 7.54. The molecule has 8 nitrogen and oxygen atoms in total. The van der Waals surface area contributed by atoms with Crippen LogP contribution in [0.1, 0.15) is 6.42 Å². The molecule has 4 heterocycles. The van der Waals surface area contributed by atoms with Crippen molar-refractivity contribution in [2.24, 2.45) is 14.1 Å². The van der Waals surface area contributed by atoms with Gasteiger partial charge in [-0.3, -0.25) is 13.9 Å². The molecule has 0 aliphatic carbocycles. The zero-order valence-corrected chi connectivity index (χ0v) is 19.5. The lowest BCUT2D eigenvalue weighted by Gasteiger charge is -2.08. The van der Waals surface area contributed by atoms with Gasteiger partial charge in [0.25, 0.3) is 5.56 Å². The van der Waals surface area contributed by atoms with Gasteiger partial charge in [-0.1, -0.05) is 12.1 Å². The number of imidazole rings is 1. The van der Waals surface area contributed by atoms with Gasteiger partial charge in [-0.15, -0.1) is 23.1 Å². The van der Waals surface area contributed by atoms with E-state index in [4.69, 9.17) is 0 Å². The monoisotopic (exact) mass is 482 g/mol. The van der Waals surface area contributed by atoms with Crippen molar-refractivity contribution in [3.05, 3.63) is 69.6 Å². The topological polar surface area (TPSA) is 87.6 Å². The van der Waals surface area contributed by atoms with Crippen molar-refractivity contribution in [3.63, 3.8) is 0 Å².